The maximum Gasteiger partial charge on any atom is 0.222 e. The summed E-state index contributed by atoms with van der Waals surface area (Å²) in [5, 5.41) is 0.156. The molecule has 0 spiro atoms. The first-order chi connectivity index (χ1) is 8.11. The summed E-state index contributed by atoms with van der Waals surface area (Å²) in [5.41, 5.74) is 13.0. The number of aromatic nitrogens is 2. The van der Waals surface area contributed by atoms with Crippen LogP contribution in [0.15, 0.2) is 24.3 Å². The molecule has 0 radical (unpaired) electrons. The van der Waals surface area contributed by atoms with Crippen LogP contribution in [0, 0.1) is 0 Å². The molecule has 1 aromatic heterocycles. The summed E-state index contributed by atoms with van der Waals surface area (Å²) in [6, 6.07) is 7.27. The predicted octanol–water partition coefficient (Wildman–Crippen LogP) is 1.97. The number of rotatable bonds is 2. The highest BCUT2D eigenvalue weighted by Crippen LogP contribution is 2.30. The fourth-order valence-electron chi connectivity index (χ4n) is 1.43. The molecule has 1 aromatic carbocycles. The molecular formula is C11H11ClN4O. The molecule has 0 atom stereocenters. The van der Waals surface area contributed by atoms with Gasteiger partial charge in [0.25, 0.3) is 0 Å². The van der Waals surface area contributed by atoms with Crippen LogP contribution in [-0.2, 0) is 0 Å². The molecule has 0 aliphatic rings. The molecule has 0 unspecified atom stereocenters. The number of methoxy groups -OCH3 is 1. The third-order valence-electron chi connectivity index (χ3n) is 2.28. The van der Waals surface area contributed by atoms with Crippen molar-refractivity contribution in [2.45, 2.75) is 0 Å². The predicted molar refractivity (Wildman–Crippen MR) is 67.9 cm³/mol. The molecule has 4 N–H and O–H groups in total. The van der Waals surface area contributed by atoms with E-state index in [1.807, 2.05) is 12.1 Å². The zero-order valence-electron chi connectivity index (χ0n) is 9.14. The van der Waals surface area contributed by atoms with E-state index in [0.717, 1.165) is 11.3 Å². The van der Waals surface area contributed by atoms with Gasteiger partial charge in [0, 0.05) is 5.56 Å². The van der Waals surface area contributed by atoms with Gasteiger partial charge in [0.15, 0.2) is 5.15 Å². The van der Waals surface area contributed by atoms with Gasteiger partial charge in [-0.15, -0.1) is 0 Å². The molecule has 0 aliphatic carbocycles. The number of halogens is 1. The number of nitrogens with two attached hydrogens (primary N) is 2. The van der Waals surface area contributed by atoms with Gasteiger partial charge in [-0.25, -0.2) is 4.98 Å². The van der Waals surface area contributed by atoms with Crippen LogP contribution in [0.3, 0.4) is 0 Å². The number of hydrogen-bond donors (Lipinski definition) is 2. The topological polar surface area (TPSA) is 87.0 Å². The lowest BCUT2D eigenvalue weighted by molar-refractivity contribution is 0.415. The van der Waals surface area contributed by atoms with Gasteiger partial charge >= 0.3 is 0 Å². The van der Waals surface area contributed by atoms with Crippen molar-refractivity contribution >= 4 is 23.2 Å². The molecule has 0 amide bonds. The number of nitrogen functional groups attached to an aromatic ring is 2. The number of benzene rings is 1. The molecule has 17 heavy (non-hydrogen) atoms. The van der Waals surface area contributed by atoms with Gasteiger partial charge in [0.05, 0.1) is 12.8 Å². The molecule has 0 aliphatic heterocycles. The van der Waals surface area contributed by atoms with E-state index in [-0.39, 0.29) is 11.1 Å². The van der Waals surface area contributed by atoms with Crippen LogP contribution in [0.1, 0.15) is 0 Å². The fraction of sp³-hybridized carbons (Fsp3) is 0.0909. The molecule has 0 bridgehead atoms. The highest BCUT2D eigenvalue weighted by molar-refractivity contribution is 6.32. The molecule has 2 aromatic rings. The molecule has 2 rings (SSSR count). The van der Waals surface area contributed by atoms with E-state index < -0.39 is 0 Å². The van der Waals surface area contributed by atoms with E-state index in [4.69, 9.17) is 27.8 Å². The summed E-state index contributed by atoms with van der Waals surface area (Å²) in [4.78, 5) is 7.85. The van der Waals surface area contributed by atoms with E-state index >= 15 is 0 Å². The largest absolute Gasteiger partial charge is 0.497 e. The fourth-order valence-corrected chi connectivity index (χ4v) is 1.60. The minimum absolute atomic E-state index is 0.0926. The summed E-state index contributed by atoms with van der Waals surface area (Å²) >= 11 is 5.85. The molecule has 88 valence electrons. The summed E-state index contributed by atoms with van der Waals surface area (Å²) in [6.07, 6.45) is 0. The average molecular weight is 251 g/mol. The molecule has 1 heterocycles. The van der Waals surface area contributed by atoms with Crippen molar-refractivity contribution in [2.24, 2.45) is 0 Å². The third kappa shape index (κ3) is 2.24. The van der Waals surface area contributed by atoms with Crippen molar-refractivity contribution in [3.63, 3.8) is 0 Å². The zero-order chi connectivity index (χ0) is 12.4. The SMILES string of the molecule is COc1ccc(-c2nc(N)nc(Cl)c2N)cc1. The van der Waals surface area contributed by atoms with Crippen LogP contribution in [0.5, 0.6) is 5.75 Å². The van der Waals surface area contributed by atoms with Gasteiger partial charge in [-0.05, 0) is 24.3 Å². The van der Waals surface area contributed by atoms with E-state index in [1.54, 1.807) is 19.2 Å². The number of hydrogen-bond acceptors (Lipinski definition) is 5. The monoisotopic (exact) mass is 250 g/mol. The summed E-state index contributed by atoms with van der Waals surface area (Å²) < 4.78 is 5.07. The molecule has 0 saturated carbocycles. The Hall–Kier alpha value is -2.01. The number of ether oxygens (including phenoxy) is 1. The lowest BCUT2D eigenvalue weighted by Gasteiger charge is -2.07. The highest BCUT2D eigenvalue weighted by Gasteiger charge is 2.10. The van der Waals surface area contributed by atoms with Crippen LogP contribution in [0.25, 0.3) is 11.3 Å². The molecule has 6 heteroatoms. The van der Waals surface area contributed by atoms with Crippen LogP contribution in [0.2, 0.25) is 5.15 Å². The van der Waals surface area contributed by atoms with Crippen molar-refractivity contribution in [1.82, 2.24) is 9.97 Å². The van der Waals surface area contributed by atoms with Crippen LogP contribution < -0.4 is 16.2 Å². The van der Waals surface area contributed by atoms with Crippen molar-refractivity contribution in [1.29, 1.82) is 0 Å². The summed E-state index contributed by atoms with van der Waals surface area (Å²) in [6.45, 7) is 0. The van der Waals surface area contributed by atoms with Crippen LogP contribution in [-0.4, -0.2) is 17.1 Å². The Morgan fingerprint density at radius 2 is 1.76 bits per heavy atom. The second-order valence-corrected chi connectivity index (χ2v) is 3.72. The Bertz CT molecular complexity index is 542. The first kappa shape index (κ1) is 11.5. The van der Waals surface area contributed by atoms with Crippen molar-refractivity contribution in [3.05, 3.63) is 29.4 Å². The van der Waals surface area contributed by atoms with Crippen LogP contribution in [0.4, 0.5) is 11.6 Å². The van der Waals surface area contributed by atoms with Crippen molar-refractivity contribution in [2.75, 3.05) is 18.6 Å². The Labute approximate surface area is 103 Å². The Morgan fingerprint density at radius 3 is 2.35 bits per heavy atom. The first-order valence-electron chi connectivity index (χ1n) is 4.84. The molecule has 0 saturated heterocycles. The first-order valence-corrected chi connectivity index (χ1v) is 5.22. The molecular weight excluding hydrogens is 240 g/mol. The highest BCUT2D eigenvalue weighted by atomic mass is 35.5. The summed E-state index contributed by atoms with van der Waals surface area (Å²) in [5.74, 6) is 0.843. The van der Waals surface area contributed by atoms with Gasteiger partial charge in [-0.2, -0.15) is 4.98 Å². The minimum Gasteiger partial charge on any atom is -0.497 e. The van der Waals surface area contributed by atoms with E-state index in [0.29, 0.717) is 11.4 Å². The van der Waals surface area contributed by atoms with Crippen molar-refractivity contribution in [3.8, 4) is 17.0 Å². The third-order valence-corrected chi connectivity index (χ3v) is 2.57. The van der Waals surface area contributed by atoms with Crippen molar-refractivity contribution < 1.29 is 4.74 Å². The maximum absolute atomic E-state index is 5.85. The maximum atomic E-state index is 5.85. The minimum atomic E-state index is 0.0926. The zero-order valence-corrected chi connectivity index (χ0v) is 9.90. The Morgan fingerprint density at radius 1 is 1.12 bits per heavy atom. The number of nitrogens with zero attached hydrogens (tertiary/aromatic N) is 2. The summed E-state index contributed by atoms with van der Waals surface area (Å²) in [7, 11) is 1.60. The second-order valence-electron chi connectivity index (χ2n) is 3.36. The quantitative estimate of drug-likeness (QED) is 0.796. The van der Waals surface area contributed by atoms with Gasteiger partial charge in [0.2, 0.25) is 5.95 Å². The lowest BCUT2D eigenvalue weighted by atomic mass is 10.1. The molecule has 0 fully saturated rings. The van der Waals surface area contributed by atoms with Gasteiger partial charge in [-0.3, -0.25) is 0 Å². The normalized spacial score (nSPS) is 10.2. The van der Waals surface area contributed by atoms with Gasteiger partial charge in [0.1, 0.15) is 11.4 Å². The van der Waals surface area contributed by atoms with E-state index in [2.05, 4.69) is 9.97 Å². The standard InChI is InChI=1S/C11H11ClN4O/c1-17-7-4-2-6(3-5-7)9-8(13)10(12)16-11(14)15-9/h2-5H,13H2,1H3,(H2,14,15,16). The van der Waals surface area contributed by atoms with E-state index in [1.165, 1.54) is 0 Å². The van der Waals surface area contributed by atoms with Gasteiger partial charge < -0.3 is 16.2 Å². The smallest absolute Gasteiger partial charge is 0.222 e. The number of anilines is 2. The second kappa shape index (κ2) is 4.47. The molecule has 5 nitrogen and oxygen atoms in total. The Balaban J connectivity index is 2.52. The Kier molecular flexibility index (Phi) is 3.01. The lowest BCUT2D eigenvalue weighted by Crippen LogP contribution is -2.02. The average Bonchev–Trinajstić information content (AvgIpc) is 2.34. The van der Waals surface area contributed by atoms with Gasteiger partial charge in [-0.1, -0.05) is 11.6 Å². The van der Waals surface area contributed by atoms with E-state index in [9.17, 15) is 0 Å². The van der Waals surface area contributed by atoms with Crippen LogP contribution >= 0.6 is 11.6 Å².